The first-order valence-electron chi connectivity index (χ1n) is 7.02. The largest absolute Gasteiger partial charge is 0.385 e. The van der Waals surface area contributed by atoms with E-state index in [1.807, 2.05) is 0 Å². The predicted molar refractivity (Wildman–Crippen MR) is 76.6 cm³/mol. The molecular formula is C16H22ClFO. The van der Waals surface area contributed by atoms with Gasteiger partial charge in [0.1, 0.15) is 5.82 Å². The van der Waals surface area contributed by atoms with Gasteiger partial charge in [0, 0.05) is 10.6 Å². The molecule has 2 rings (SSSR count). The highest BCUT2D eigenvalue weighted by atomic mass is 35.5. The molecule has 1 fully saturated rings. The molecule has 3 unspecified atom stereocenters. The highest BCUT2D eigenvalue weighted by Gasteiger charge is 2.45. The summed E-state index contributed by atoms with van der Waals surface area (Å²) in [7, 11) is 0. The second-order valence-corrected chi connectivity index (χ2v) is 6.69. The molecule has 0 heterocycles. The van der Waals surface area contributed by atoms with Crippen LogP contribution in [0, 0.1) is 23.6 Å². The van der Waals surface area contributed by atoms with E-state index in [4.69, 9.17) is 11.6 Å². The number of benzene rings is 1. The number of aliphatic hydroxyl groups is 1. The van der Waals surface area contributed by atoms with Crippen LogP contribution in [-0.4, -0.2) is 5.11 Å². The maximum Gasteiger partial charge on any atom is 0.123 e. The summed E-state index contributed by atoms with van der Waals surface area (Å²) in [4.78, 5) is 0. The lowest BCUT2D eigenvalue weighted by Gasteiger charge is -2.45. The van der Waals surface area contributed by atoms with Gasteiger partial charge in [-0.15, -0.1) is 0 Å². The first-order valence-corrected chi connectivity index (χ1v) is 7.40. The lowest BCUT2D eigenvalue weighted by molar-refractivity contribution is -0.0866. The smallest absolute Gasteiger partial charge is 0.123 e. The summed E-state index contributed by atoms with van der Waals surface area (Å²) < 4.78 is 13.5. The molecule has 0 amide bonds. The van der Waals surface area contributed by atoms with E-state index in [0.29, 0.717) is 28.8 Å². The van der Waals surface area contributed by atoms with Crippen LogP contribution in [0.1, 0.15) is 45.6 Å². The van der Waals surface area contributed by atoms with Crippen molar-refractivity contribution in [2.24, 2.45) is 17.8 Å². The fourth-order valence-corrected chi connectivity index (χ4v) is 3.79. The van der Waals surface area contributed by atoms with Crippen LogP contribution in [0.2, 0.25) is 5.02 Å². The van der Waals surface area contributed by atoms with Gasteiger partial charge in [-0.2, -0.15) is 0 Å². The Balaban J connectivity index is 2.49. The van der Waals surface area contributed by atoms with Crippen molar-refractivity contribution in [2.45, 2.75) is 45.6 Å². The standard InChI is InChI=1S/C16H22ClFO/c1-10(2)13-6-4-11(3)9-16(13,19)14-8-12(18)5-7-15(14)17/h5,7-8,10-11,13,19H,4,6,9H2,1-3H3. The van der Waals surface area contributed by atoms with E-state index in [-0.39, 0.29) is 11.7 Å². The van der Waals surface area contributed by atoms with Gasteiger partial charge in [-0.3, -0.25) is 0 Å². The maximum absolute atomic E-state index is 13.5. The average Bonchev–Trinajstić information content (AvgIpc) is 2.31. The third-order valence-electron chi connectivity index (χ3n) is 4.44. The van der Waals surface area contributed by atoms with E-state index in [9.17, 15) is 9.50 Å². The first-order chi connectivity index (χ1) is 8.84. The van der Waals surface area contributed by atoms with Gasteiger partial charge in [-0.1, -0.05) is 38.8 Å². The van der Waals surface area contributed by atoms with Crippen molar-refractivity contribution in [1.29, 1.82) is 0 Å². The third kappa shape index (κ3) is 2.80. The molecule has 0 radical (unpaired) electrons. The van der Waals surface area contributed by atoms with Crippen LogP contribution in [0.4, 0.5) is 4.39 Å². The summed E-state index contributed by atoms with van der Waals surface area (Å²) in [5.74, 6) is 0.563. The molecule has 1 aromatic carbocycles. The fourth-order valence-electron chi connectivity index (χ4n) is 3.51. The maximum atomic E-state index is 13.5. The molecule has 1 aliphatic rings. The monoisotopic (exact) mass is 284 g/mol. The summed E-state index contributed by atoms with van der Waals surface area (Å²) in [6.45, 7) is 6.35. The third-order valence-corrected chi connectivity index (χ3v) is 4.77. The number of halogens is 2. The van der Waals surface area contributed by atoms with Crippen LogP contribution in [0.3, 0.4) is 0 Å². The molecule has 1 aliphatic carbocycles. The van der Waals surface area contributed by atoms with Crippen molar-refractivity contribution in [3.8, 4) is 0 Å². The lowest BCUT2D eigenvalue weighted by atomic mass is 9.64. The van der Waals surface area contributed by atoms with Gasteiger partial charge >= 0.3 is 0 Å². The summed E-state index contributed by atoms with van der Waals surface area (Å²) in [6, 6.07) is 4.28. The SMILES string of the molecule is CC1CCC(C(C)C)C(O)(c2cc(F)ccc2Cl)C1. The molecule has 1 aromatic rings. The van der Waals surface area contributed by atoms with E-state index in [1.165, 1.54) is 12.1 Å². The zero-order valence-corrected chi connectivity index (χ0v) is 12.5. The summed E-state index contributed by atoms with van der Waals surface area (Å²) in [5, 5.41) is 11.7. The van der Waals surface area contributed by atoms with E-state index in [0.717, 1.165) is 12.8 Å². The minimum Gasteiger partial charge on any atom is -0.385 e. The molecule has 1 N–H and O–H groups in total. The number of hydrogen-bond acceptors (Lipinski definition) is 1. The second kappa shape index (κ2) is 5.41. The van der Waals surface area contributed by atoms with Gasteiger partial charge in [-0.25, -0.2) is 4.39 Å². The molecule has 0 aliphatic heterocycles. The minimum absolute atomic E-state index is 0.128. The second-order valence-electron chi connectivity index (χ2n) is 6.29. The van der Waals surface area contributed by atoms with Crippen LogP contribution in [0.15, 0.2) is 18.2 Å². The number of hydrogen-bond donors (Lipinski definition) is 1. The zero-order valence-electron chi connectivity index (χ0n) is 11.8. The van der Waals surface area contributed by atoms with Crippen molar-refractivity contribution < 1.29 is 9.50 Å². The average molecular weight is 285 g/mol. The van der Waals surface area contributed by atoms with Crippen molar-refractivity contribution >= 4 is 11.6 Å². The molecule has 0 bridgehead atoms. The van der Waals surface area contributed by atoms with Gasteiger partial charge in [0.2, 0.25) is 0 Å². The molecule has 1 saturated carbocycles. The van der Waals surface area contributed by atoms with Crippen LogP contribution in [0.5, 0.6) is 0 Å². The molecule has 3 heteroatoms. The zero-order chi connectivity index (χ0) is 14.2. The highest BCUT2D eigenvalue weighted by molar-refractivity contribution is 6.31. The van der Waals surface area contributed by atoms with Crippen molar-refractivity contribution in [2.75, 3.05) is 0 Å². The van der Waals surface area contributed by atoms with Crippen LogP contribution in [-0.2, 0) is 5.60 Å². The molecule has 3 atom stereocenters. The minimum atomic E-state index is -1.01. The van der Waals surface area contributed by atoms with E-state index in [2.05, 4.69) is 20.8 Å². The van der Waals surface area contributed by atoms with Crippen molar-refractivity contribution in [1.82, 2.24) is 0 Å². The Morgan fingerprint density at radius 3 is 2.68 bits per heavy atom. The lowest BCUT2D eigenvalue weighted by Crippen LogP contribution is -2.43. The van der Waals surface area contributed by atoms with Gasteiger partial charge in [0.25, 0.3) is 0 Å². The first kappa shape index (κ1) is 14.8. The van der Waals surface area contributed by atoms with E-state index in [1.54, 1.807) is 6.07 Å². The van der Waals surface area contributed by atoms with Gasteiger partial charge < -0.3 is 5.11 Å². The predicted octanol–water partition coefficient (Wildman–Crippen LogP) is 4.76. The summed E-state index contributed by atoms with van der Waals surface area (Å²) in [5.41, 5.74) is -0.454. The van der Waals surface area contributed by atoms with Crippen molar-refractivity contribution in [3.05, 3.63) is 34.6 Å². The Labute approximate surface area is 119 Å². The normalized spacial score (nSPS) is 31.7. The van der Waals surface area contributed by atoms with Gasteiger partial charge in [0.05, 0.1) is 5.60 Å². The van der Waals surface area contributed by atoms with E-state index < -0.39 is 5.60 Å². The molecule has 1 nitrogen and oxygen atoms in total. The van der Waals surface area contributed by atoms with Crippen LogP contribution >= 0.6 is 11.6 Å². The fraction of sp³-hybridized carbons (Fsp3) is 0.625. The molecule has 0 saturated heterocycles. The topological polar surface area (TPSA) is 20.2 Å². The molecule has 106 valence electrons. The Morgan fingerprint density at radius 2 is 2.05 bits per heavy atom. The molecule has 19 heavy (non-hydrogen) atoms. The Morgan fingerprint density at radius 1 is 1.37 bits per heavy atom. The molecule has 0 aromatic heterocycles. The quantitative estimate of drug-likeness (QED) is 0.830. The molecule has 0 spiro atoms. The van der Waals surface area contributed by atoms with E-state index >= 15 is 0 Å². The van der Waals surface area contributed by atoms with Crippen LogP contribution in [0.25, 0.3) is 0 Å². The Bertz CT molecular complexity index is 460. The number of rotatable bonds is 2. The van der Waals surface area contributed by atoms with Crippen LogP contribution < -0.4 is 0 Å². The summed E-state index contributed by atoms with van der Waals surface area (Å²) >= 11 is 6.21. The summed E-state index contributed by atoms with van der Waals surface area (Å²) in [6.07, 6.45) is 2.72. The van der Waals surface area contributed by atoms with Gasteiger partial charge in [0.15, 0.2) is 0 Å². The molecular weight excluding hydrogens is 263 g/mol. The Kier molecular flexibility index (Phi) is 4.22. The van der Waals surface area contributed by atoms with Gasteiger partial charge in [-0.05, 0) is 48.8 Å². The Hall–Kier alpha value is -0.600. The highest BCUT2D eigenvalue weighted by Crippen LogP contribution is 2.48. The van der Waals surface area contributed by atoms with Crippen molar-refractivity contribution in [3.63, 3.8) is 0 Å².